The second kappa shape index (κ2) is 11.7. The van der Waals surface area contributed by atoms with Crippen molar-refractivity contribution in [3.8, 4) is 67.5 Å². The Morgan fingerprint density at radius 2 is 1.10 bits per heavy atom. The minimum atomic E-state index is 0.192. The second-order valence-electron chi connectivity index (χ2n) is 11.8. The molecule has 224 valence electrons. The quantitative estimate of drug-likeness (QED) is 0.182. The van der Waals surface area contributed by atoms with Crippen molar-refractivity contribution in [2.24, 2.45) is 0 Å². The average molecular weight is 615 g/mol. The van der Waals surface area contributed by atoms with Crippen LogP contribution in [0, 0.1) is 0 Å². The molecule has 2 aliphatic heterocycles. The van der Waals surface area contributed by atoms with Crippen LogP contribution < -0.4 is 10.3 Å². The van der Waals surface area contributed by atoms with Gasteiger partial charge in [0.2, 0.25) is 0 Å². The normalized spacial score (nSPS) is 12.8. The van der Waals surface area contributed by atoms with Gasteiger partial charge in [-0.25, -0.2) is 15.0 Å². The molecule has 0 bridgehead atoms. The van der Waals surface area contributed by atoms with E-state index in [9.17, 15) is 0 Å². The van der Waals surface area contributed by atoms with E-state index >= 15 is 0 Å². The summed E-state index contributed by atoms with van der Waals surface area (Å²) in [5.41, 5.74) is 12.0. The first-order chi connectivity index (χ1) is 23.8. The van der Waals surface area contributed by atoms with Crippen molar-refractivity contribution in [1.82, 2.24) is 24.9 Å². The van der Waals surface area contributed by atoms with Crippen LogP contribution in [0.4, 0.5) is 5.69 Å². The first-order valence-corrected chi connectivity index (χ1v) is 15.9. The van der Waals surface area contributed by atoms with Crippen molar-refractivity contribution in [2.75, 3.05) is 4.81 Å². The molecule has 0 aliphatic carbocycles. The van der Waals surface area contributed by atoms with E-state index in [1.807, 2.05) is 30.3 Å². The highest BCUT2D eigenvalue weighted by atomic mass is 15.1. The number of benzene rings is 4. The Kier molecular flexibility index (Phi) is 6.79. The maximum Gasteiger partial charge on any atom is 0.320 e. The zero-order valence-corrected chi connectivity index (χ0v) is 25.8. The van der Waals surface area contributed by atoms with Crippen molar-refractivity contribution < 1.29 is 0 Å². The monoisotopic (exact) mass is 614 g/mol. The zero-order valence-electron chi connectivity index (χ0n) is 25.8. The van der Waals surface area contributed by atoms with E-state index in [4.69, 9.17) is 15.0 Å². The lowest BCUT2D eigenvalue weighted by atomic mass is 9.49. The Bertz CT molecular complexity index is 2300. The van der Waals surface area contributed by atoms with Crippen LogP contribution in [0.2, 0.25) is 0 Å². The lowest BCUT2D eigenvalue weighted by Crippen LogP contribution is -2.49. The van der Waals surface area contributed by atoms with Crippen molar-refractivity contribution in [3.63, 3.8) is 0 Å². The van der Waals surface area contributed by atoms with Gasteiger partial charge in [0.15, 0.2) is 17.5 Å². The SMILES string of the molecule is C1=CB2c3ccccc3-c3cc(-c4ccc(-c5nc(-c6cccnc6)nc(-c6cccnc6)n5)cc4-c4ccccc4)ccc3N2C=C1. The fraction of sp³-hybridized carbons (Fsp3) is 0. The minimum Gasteiger partial charge on any atom is -0.383 e. The summed E-state index contributed by atoms with van der Waals surface area (Å²) in [5, 5.41) is 0. The molecule has 7 aromatic rings. The third kappa shape index (κ3) is 4.89. The Morgan fingerprint density at radius 3 is 1.83 bits per heavy atom. The molecule has 0 spiro atoms. The fourth-order valence-corrected chi connectivity index (χ4v) is 6.67. The van der Waals surface area contributed by atoms with Crippen LogP contribution >= 0.6 is 0 Å². The van der Waals surface area contributed by atoms with Crippen LogP contribution in [0.1, 0.15) is 0 Å². The summed E-state index contributed by atoms with van der Waals surface area (Å²) in [7, 11) is 0. The number of fused-ring (bicyclic) bond motifs is 6. The molecule has 7 heteroatoms. The molecule has 2 aliphatic rings. The number of aromatic nitrogens is 5. The van der Waals surface area contributed by atoms with E-state index in [-0.39, 0.29) is 6.85 Å². The summed E-state index contributed by atoms with van der Waals surface area (Å²) in [6.45, 7) is 0.192. The topological polar surface area (TPSA) is 67.7 Å². The molecule has 0 amide bonds. The van der Waals surface area contributed by atoms with Gasteiger partial charge in [0.05, 0.1) is 0 Å². The molecule has 0 saturated carbocycles. The predicted octanol–water partition coefficient (Wildman–Crippen LogP) is 8.30. The van der Waals surface area contributed by atoms with Crippen molar-refractivity contribution >= 4 is 18.0 Å². The van der Waals surface area contributed by atoms with E-state index in [0.717, 1.165) is 38.9 Å². The summed E-state index contributed by atoms with van der Waals surface area (Å²) in [6, 6.07) is 40.3. The summed E-state index contributed by atoms with van der Waals surface area (Å²) < 4.78 is 0. The predicted molar refractivity (Wildman–Crippen MR) is 194 cm³/mol. The number of rotatable bonds is 5. The maximum atomic E-state index is 4.96. The molecule has 0 atom stereocenters. The molecule has 0 radical (unpaired) electrons. The number of hydrogen-bond acceptors (Lipinski definition) is 6. The van der Waals surface area contributed by atoms with E-state index in [2.05, 4.69) is 124 Å². The zero-order chi connectivity index (χ0) is 31.9. The van der Waals surface area contributed by atoms with E-state index in [1.54, 1.807) is 24.8 Å². The summed E-state index contributed by atoms with van der Waals surface area (Å²) in [6.07, 6.45) is 13.5. The fourth-order valence-electron chi connectivity index (χ4n) is 6.67. The van der Waals surface area contributed by atoms with Crippen molar-refractivity contribution in [1.29, 1.82) is 0 Å². The molecule has 0 N–H and O–H groups in total. The number of nitrogens with zero attached hydrogens (tertiary/aromatic N) is 6. The number of anilines is 1. The molecular formula is C41H27BN6. The van der Waals surface area contributed by atoms with Crippen molar-refractivity contribution in [2.45, 2.75) is 0 Å². The summed E-state index contributed by atoms with van der Waals surface area (Å²) >= 11 is 0. The Hall–Kier alpha value is -6.47. The Balaban J connectivity index is 1.21. The third-order valence-corrected chi connectivity index (χ3v) is 8.94. The first-order valence-electron chi connectivity index (χ1n) is 15.9. The lowest BCUT2D eigenvalue weighted by molar-refractivity contribution is 1.07. The van der Waals surface area contributed by atoms with Crippen LogP contribution in [0.5, 0.6) is 0 Å². The third-order valence-electron chi connectivity index (χ3n) is 8.94. The molecule has 9 rings (SSSR count). The van der Waals surface area contributed by atoms with Gasteiger partial charge in [-0.15, -0.1) is 0 Å². The number of allylic oxidation sites excluding steroid dienone is 2. The molecule has 5 heterocycles. The standard InChI is InChI=1S/C41H27BN6/c1-2-10-28(11-3-1)35-25-30(39-45-40(31-12-8-21-43-26-31)47-41(46-39)32-13-9-22-44-27-32)16-18-33(35)29-17-19-38-36(24-29)34-14-4-5-15-37(34)42-20-6-7-23-48(38)42/h1-27H. The summed E-state index contributed by atoms with van der Waals surface area (Å²) in [5.74, 6) is 3.97. The molecule has 3 aromatic heterocycles. The van der Waals surface area contributed by atoms with Crippen molar-refractivity contribution in [3.05, 3.63) is 164 Å². The number of pyridine rings is 2. The largest absolute Gasteiger partial charge is 0.383 e. The highest BCUT2D eigenvalue weighted by molar-refractivity contribution is 6.83. The van der Waals surface area contributed by atoms with Crippen LogP contribution in [0.3, 0.4) is 0 Å². The second-order valence-corrected chi connectivity index (χ2v) is 11.8. The Labute approximate surface area is 279 Å². The van der Waals surface area contributed by atoms with Gasteiger partial charge in [0.1, 0.15) is 0 Å². The highest BCUT2D eigenvalue weighted by Crippen LogP contribution is 2.42. The van der Waals surface area contributed by atoms with E-state index in [1.165, 1.54) is 22.3 Å². The molecule has 6 nitrogen and oxygen atoms in total. The highest BCUT2D eigenvalue weighted by Gasteiger charge is 2.32. The molecule has 4 aromatic carbocycles. The van der Waals surface area contributed by atoms with Gasteiger partial charge in [-0.1, -0.05) is 84.8 Å². The van der Waals surface area contributed by atoms with Crippen LogP contribution in [-0.4, -0.2) is 31.8 Å². The molecule has 0 saturated heterocycles. The van der Waals surface area contributed by atoms with Gasteiger partial charge in [0, 0.05) is 52.7 Å². The van der Waals surface area contributed by atoms with Gasteiger partial charge in [0.25, 0.3) is 0 Å². The van der Waals surface area contributed by atoms with Gasteiger partial charge in [-0.3, -0.25) is 9.97 Å². The summed E-state index contributed by atoms with van der Waals surface area (Å²) in [4.78, 5) is 25.7. The van der Waals surface area contributed by atoms with Gasteiger partial charge in [-0.05, 0) is 88.0 Å². The van der Waals surface area contributed by atoms with Gasteiger partial charge >= 0.3 is 6.85 Å². The molecule has 0 unspecified atom stereocenters. The maximum absolute atomic E-state index is 4.96. The smallest absolute Gasteiger partial charge is 0.320 e. The number of hydrogen-bond donors (Lipinski definition) is 0. The van der Waals surface area contributed by atoms with Crippen LogP contribution in [0.25, 0.3) is 67.5 Å². The lowest BCUT2D eigenvalue weighted by Gasteiger charge is -2.36. The van der Waals surface area contributed by atoms with Crippen LogP contribution in [0.15, 0.2) is 164 Å². The molecular weight excluding hydrogens is 587 g/mol. The van der Waals surface area contributed by atoms with E-state index in [0.29, 0.717) is 17.5 Å². The first kappa shape index (κ1) is 27.8. The van der Waals surface area contributed by atoms with Crippen LogP contribution in [-0.2, 0) is 0 Å². The van der Waals surface area contributed by atoms with E-state index < -0.39 is 0 Å². The minimum absolute atomic E-state index is 0.192. The van der Waals surface area contributed by atoms with Gasteiger partial charge < -0.3 is 4.81 Å². The molecule has 0 fully saturated rings. The van der Waals surface area contributed by atoms with Gasteiger partial charge in [-0.2, -0.15) is 0 Å². The Morgan fingerprint density at radius 1 is 0.458 bits per heavy atom. The molecule has 48 heavy (non-hydrogen) atoms. The average Bonchev–Trinajstić information content (AvgIpc) is 3.18.